The van der Waals surface area contributed by atoms with Crippen LogP contribution in [-0.2, 0) is 0 Å². The summed E-state index contributed by atoms with van der Waals surface area (Å²) in [5.41, 5.74) is 9.43. The van der Waals surface area contributed by atoms with E-state index < -0.39 is 0 Å². The molecule has 1 aromatic carbocycles. The first kappa shape index (κ1) is 8.28. The van der Waals surface area contributed by atoms with Crippen LogP contribution < -0.4 is 0 Å². The molecule has 0 amide bonds. The molecule has 0 radical (unpaired) electrons. The van der Waals surface area contributed by atoms with Gasteiger partial charge in [0.1, 0.15) is 0 Å². The highest BCUT2D eigenvalue weighted by atomic mass is 16.4. The Labute approximate surface area is 78.8 Å². The predicted octanol–water partition coefficient (Wildman–Crippen LogP) is 2.68. The maximum absolute atomic E-state index is 8.33. The number of hydrogen-bond donors (Lipinski definition) is 0. The van der Waals surface area contributed by atoms with Crippen molar-refractivity contribution in [3.8, 4) is 11.5 Å². The monoisotopic (exact) mass is 187 g/mol. The topological polar surface area (TPSA) is 87.7 Å². The summed E-state index contributed by atoms with van der Waals surface area (Å²) in [6, 6.07) is 7.00. The van der Waals surface area contributed by atoms with Crippen LogP contribution in [0.2, 0.25) is 0 Å². The quantitative estimate of drug-likeness (QED) is 0.411. The highest BCUT2D eigenvalue weighted by Gasteiger charge is 2.06. The highest BCUT2D eigenvalue weighted by molar-refractivity contribution is 5.69. The standard InChI is InChI=1S/C8H5N5O/c9-13-11-7-4-2-1-3-6(7)8-12-10-5-14-8/h1-5H. The van der Waals surface area contributed by atoms with E-state index in [9.17, 15) is 0 Å². The number of hydrogen-bond acceptors (Lipinski definition) is 4. The first-order valence-electron chi connectivity index (χ1n) is 3.82. The Morgan fingerprint density at radius 1 is 1.36 bits per heavy atom. The molecular weight excluding hydrogens is 182 g/mol. The van der Waals surface area contributed by atoms with E-state index in [2.05, 4.69) is 20.2 Å². The molecule has 6 heteroatoms. The predicted molar refractivity (Wildman–Crippen MR) is 48.5 cm³/mol. The zero-order valence-corrected chi connectivity index (χ0v) is 7.03. The van der Waals surface area contributed by atoms with Gasteiger partial charge in [0.2, 0.25) is 12.3 Å². The first-order chi connectivity index (χ1) is 6.92. The van der Waals surface area contributed by atoms with Gasteiger partial charge in [0.25, 0.3) is 0 Å². The number of aromatic nitrogens is 2. The maximum atomic E-state index is 8.33. The Morgan fingerprint density at radius 2 is 2.21 bits per heavy atom. The van der Waals surface area contributed by atoms with Crippen molar-refractivity contribution in [3.63, 3.8) is 0 Å². The summed E-state index contributed by atoms with van der Waals surface area (Å²) >= 11 is 0. The van der Waals surface area contributed by atoms with Gasteiger partial charge >= 0.3 is 0 Å². The lowest BCUT2D eigenvalue weighted by atomic mass is 10.2. The molecule has 14 heavy (non-hydrogen) atoms. The van der Waals surface area contributed by atoms with Gasteiger partial charge in [-0.3, -0.25) is 0 Å². The Balaban J connectivity index is 2.57. The molecule has 6 nitrogen and oxygen atoms in total. The van der Waals surface area contributed by atoms with Gasteiger partial charge in [0.05, 0.1) is 5.69 Å². The van der Waals surface area contributed by atoms with Crippen molar-refractivity contribution in [2.24, 2.45) is 5.11 Å². The largest absolute Gasteiger partial charge is 0.423 e. The minimum atomic E-state index is 0.341. The van der Waals surface area contributed by atoms with E-state index in [0.717, 1.165) is 0 Å². The van der Waals surface area contributed by atoms with Gasteiger partial charge in [-0.15, -0.1) is 10.2 Å². The van der Waals surface area contributed by atoms with E-state index >= 15 is 0 Å². The van der Waals surface area contributed by atoms with Gasteiger partial charge in [-0.1, -0.05) is 23.3 Å². The van der Waals surface area contributed by atoms with Crippen LogP contribution in [0.25, 0.3) is 21.9 Å². The second kappa shape index (κ2) is 3.59. The van der Waals surface area contributed by atoms with Crippen LogP contribution >= 0.6 is 0 Å². The lowest BCUT2D eigenvalue weighted by molar-refractivity contribution is 0.569. The molecule has 0 aliphatic carbocycles. The fraction of sp³-hybridized carbons (Fsp3) is 0. The van der Waals surface area contributed by atoms with Crippen LogP contribution in [0.15, 0.2) is 40.2 Å². The molecule has 68 valence electrons. The van der Waals surface area contributed by atoms with Gasteiger partial charge < -0.3 is 4.42 Å². The molecule has 0 fully saturated rings. The number of nitrogens with zero attached hydrogens (tertiary/aromatic N) is 5. The van der Waals surface area contributed by atoms with Gasteiger partial charge in [0.15, 0.2) is 0 Å². The summed E-state index contributed by atoms with van der Waals surface area (Å²) < 4.78 is 5.00. The first-order valence-corrected chi connectivity index (χ1v) is 3.82. The average Bonchev–Trinajstić information content (AvgIpc) is 2.72. The van der Waals surface area contributed by atoms with E-state index in [4.69, 9.17) is 9.95 Å². The molecule has 0 unspecified atom stereocenters. The van der Waals surface area contributed by atoms with E-state index in [1.165, 1.54) is 6.39 Å². The molecule has 0 N–H and O–H groups in total. The summed E-state index contributed by atoms with van der Waals surface area (Å²) in [5, 5.41) is 10.8. The lowest BCUT2D eigenvalue weighted by Gasteiger charge is -1.97. The highest BCUT2D eigenvalue weighted by Crippen LogP contribution is 2.28. The molecule has 1 aromatic heterocycles. The molecular formula is C8H5N5O. The molecule has 0 saturated heterocycles. The van der Waals surface area contributed by atoms with E-state index in [1.807, 2.05) is 0 Å². The molecule has 0 spiro atoms. The number of benzene rings is 1. The Bertz CT molecular complexity index is 472. The second-order valence-corrected chi connectivity index (χ2v) is 2.45. The summed E-state index contributed by atoms with van der Waals surface area (Å²) in [5.74, 6) is 0.341. The molecule has 0 aliphatic heterocycles. The number of rotatable bonds is 2. The zero-order valence-electron chi connectivity index (χ0n) is 7.03. The van der Waals surface area contributed by atoms with Crippen LogP contribution in [0.3, 0.4) is 0 Å². The maximum Gasteiger partial charge on any atom is 0.247 e. The lowest BCUT2D eigenvalue weighted by Crippen LogP contribution is -1.77. The van der Waals surface area contributed by atoms with Crippen LogP contribution in [-0.4, -0.2) is 10.2 Å². The van der Waals surface area contributed by atoms with Crippen molar-refractivity contribution in [1.29, 1.82) is 0 Å². The van der Waals surface area contributed by atoms with Crippen molar-refractivity contribution in [2.75, 3.05) is 0 Å². The molecule has 0 aliphatic rings. The van der Waals surface area contributed by atoms with Crippen LogP contribution in [0.1, 0.15) is 0 Å². The van der Waals surface area contributed by atoms with E-state index in [1.54, 1.807) is 24.3 Å². The fourth-order valence-electron chi connectivity index (χ4n) is 1.08. The minimum Gasteiger partial charge on any atom is -0.423 e. The summed E-state index contributed by atoms with van der Waals surface area (Å²) in [6.07, 6.45) is 1.22. The Hall–Kier alpha value is -2.33. The second-order valence-electron chi connectivity index (χ2n) is 2.45. The zero-order chi connectivity index (χ0) is 9.80. The van der Waals surface area contributed by atoms with Gasteiger partial charge in [0, 0.05) is 10.5 Å². The molecule has 2 rings (SSSR count). The minimum absolute atomic E-state index is 0.341. The molecule has 1 heterocycles. The van der Waals surface area contributed by atoms with Crippen LogP contribution in [0.4, 0.5) is 5.69 Å². The van der Waals surface area contributed by atoms with Crippen LogP contribution in [0, 0.1) is 0 Å². The Morgan fingerprint density at radius 3 is 2.93 bits per heavy atom. The van der Waals surface area contributed by atoms with E-state index in [-0.39, 0.29) is 0 Å². The number of azide groups is 1. The Kier molecular flexibility index (Phi) is 2.12. The average molecular weight is 187 g/mol. The van der Waals surface area contributed by atoms with Crippen molar-refractivity contribution >= 4 is 5.69 Å². The molecule has 0 atom stereocenters. The summed E-state index contributed by atoms with van der Waals surface area (Å²) in [4.78, 5) is 2.71. The third-order valence-electron chi connectivity index (χ3n) is 1.65. The van der Waals surface area contributed by atoms with Crippen molar-refractivity contribution in [3.05, 3.63) is 41.1 Å². The van der Waals surface area contributed by atoms with Crippen LogP contribution in [0.5, 0.6) is 0 Å². The summed E-state index contributed by atoms with van der Waals surface area (Å²) in [6.45, 7) is 0. The normalized spacial score (nSPS) is 9.43. The SMILES string of the molecule is [N-]=[N+]=Nc1ccccc1-c1nnco1. The summed E-state index contributed by atoms with van der Waals surface area (Å²) in [7, 11) is 0. The van der Waals surface area contributed by atoms with Gasteiger partial charge in [-0.2, -0.15) is 0 Å². The van der Waals surface area contributed by atoms with Crippen molar-refractivity contribution < 1.29 is 4.42 Å². The van der Waals surface area contributed by atoms with Gasteiger partial charge in [-0.05, 0) is 11.6 Å². The molecule has 0 bridgehead atoms. The van der Waals surface area contributed by atoms with E-state index in [0.29, 0.717) is 17.1 Å². The third-order valence-corrected chi connectivity index (χ3v) is 1.65. The molecule has 0 saturated carbocycles. The van der Waals surface area contributed by atoms with Crippen molar-refractivity contribution in [2.45, 2.75) is 0 Å². The fourth-order valence-corrected chi connectivity index (χ4v) is 1.08. The van der Waals surface area contributed by atoms with Crippen molar-refractivity contribution in [1.82, 2.24) is 10.2 Å². The van der Waals surface area contributed by atoms with Gasteiger partial charge in [-0.25, -0.2) is 0 Å². The smallest absolute Gasteiger partial charge is 0.247 e. The third kappa shape index (κ3) is 1.41. The molecule has 2 aromatic rings.